The Bertz CT molecular complexity index is 538. The number of ether oxygens (including phenoxy) is 1. The summed E-state index contributed by atoms with van der Waals surface area (Å²) < 4.78 is 5.14. The molecule has 1 atom stereocenters. The van der Waals surface area contributed by atoms with Crippen LogP contribution in [-0.2, 0) is 9.53 Å². The Kier molecular flexibility index (Phi) is 4.42. The molecule has 140 valence electrons. The van der Waals surface area contributed by atoms with E-state index >= 15 is 0 Å². The lowest BCUT2D eigenvalue weighted by Crippen LogP contribution is -2.60. The highest BCUT2D eigenvalue weighted by Crippen LogP contribution is 2.50. The number of amides is 2. The Hall–Kier alpha value is -1.30. The molecule has 0 bridgehead atoms. The number of β-lactam (4-membered cyclic amide) rings is 1. The van der Waals surface area contributed by atoms with Crippen LogP contribution in [0.2, 0.25) is 0 Å². The number of piperidine rings is 1. The van der Waals surface area contributed by atoms with Crippen molar-refractivity contribution >= 4 is 12.0 Å². The first-order valence-corrected chi connectivity index (χ1v) is 9.98. The summed E-state index contributed by atoms with van der Waals surface area (Å²) in [6, 6.07) is 1.59. The standard InChI is InChI=1S/C19H31N3O3/c1-3-25-18(24)21-9-6-19(13-21)11-16(12-19)20-7-4-15(5-8-20)22-14(2)10-17(22)23/h14-16H,3-13H2,1-2H3. The zero-order valence-electron chi connectivity index (χ0n) is 15.6. The Morgan fingerprint density at radius 3 is 2.52 bits per heavy atom. The molecule has 2 amide bonds. The van der Waals surface area contributed by atoms with E-state index in [9.17, 15) is 9.59 Å². The van der Waals surface area contributed by atoms with E-state index in [4.69, 9.17) is 4.74 Å². The predicted octanol–water partition coefficient (Wildman–Crippen LogP) is 2.08. The minimum Gasteiger partial charge on any atom is -0.450 e. The van der Waals surface area contributed by atoms with Crippen LogP contribution in [0.15, 0.2) is 0 Å². The Morgan fingerprint density at radius 1 is 1.20 bits per heavy atom. The van der Waals surface area contributed by atoms with E-state index in [1.54, 1.807) is 0 Å². The summed E-state index contributed by atoms with van der Waals surface area (Å²) in [6.07, 6.45) is 6.39. The number of hydrogen-bond donors (Lipinski definition) is 0. The zero-order chi connectivity index (χ0) is 17.6. The number of carbonyl (C=O) groups is 2. The summed E-state index contributed by atoms with van der Waals surface area (Å²) in [5, 5.41) is 0. The Morgan fingerprint density at radius 2 is 1.92 bits per heavy atom. The molecule has 0 aromatic carbocycles. The highest BCUT2D eigenvalue weighted by atomic mass is 16.6. The summed E-state index contributed by atoms with van der Waals surface area (Å²) in [7, 11) is 0. The topological polar surface area (TPSA) is 53.1 Å². The van der Waals surface area contributed by atoms with Crippen molar-refractivity contribution in [1.82, 2.24) is 14.7 Å². The first kappa shape index (κ1) is 17.1. The molecule has 0 aromatic heterocycles. The molecule has 1 aliphatic carbocycles. The molecule has 1 unspecified atom stereocenters. The van der Waals surface area contributed by atoms with Crippen LogP contribution in [0.1, 0.15) is 52.4 Å². The Balaban J connectivity index is 1.23. The summed E-state index contributed by atoms with van der Waals surface area (Å²) in [5.74, 6) is 0.346. The van der Waals surface area contributed by atoms with E-state index in [0.717, 1.165) is 51.9 Å². The predicted molar refractivity (Wildman–Crippen MR) is 94.2 cm³/mol. The quantitative estimate of drug-likeness (QED) is 0.732. The lowest BCUT2D eigenvalue weighted by molar-refractivity contribution is -0.151. The molecular weight excluding hydrogens is 318 g/mol. The molecule has 6 nitrogen and oxygen atoms in total. The molecule has 1 saturated carbocycles. The maximum Gasteiger partial charge on any atom is 0.409 e. The monoisotopic (exact) mass is 349 g/mol. The van der Waals surface area contributed by atoms with Crippen molar-refractivity contribution in [2.75, 3.05) is 32.8 Å². The first-order valence-electron chi connectivity index (χ1n) is 9.98. The molecule has 0 aromatic rings. The van der Waals surface area contributed by atoms with Crippen LogP contribution < -0.4 is 0 Å². The highest BCUT2D eigenvalue weighted by Gasteiger charge is 2.52. The van der Waals surface area contributed by atoms with Gasteiger partial charge in [0.05, 0.1) is 6.61 Å². The van der Waals surface area contributed by atoms with E-state index < -0.39 is 0 Å². The number of nitrogens with zero attached hydrogens (tertiary/aromatic N) is 3. The third-order valence-electron chi connectivity index (χ3n) is 6.94. The third kappa shape index (κ3) is 3.03. The van der Waals surface area contributed by atoms with Gasteiger partial charge >= 0.3 is 6.09 Å². The third-order valence-corrected chi connectivity index (χ3v) is 6.94. The second-order valence-electron chi connectivity index (χ2n) is 8.55. The average Bonchev–Trinajstić information content (AvgIpc) is 3.00. The van der Waals surface area contributed by atoms with Crippen LogP contribution in [0.3, 0.4) is 0 Å². The summed E-state index contributed by atoms with van der Waals surface area (Å²) in [6.45, 7) is 8.44. The minimum absolute atomic E-state index is 0.142. The second-order valence-corrected chi connectivity index (χ2v) is 8.55. The van der Waals surface area contributed by atoms with Crippen molar-refractivity contribution in [3.8, 4) is 0 Å². The molecule has 3 heterocycles. The minimum atomic E-state index is -0.142. The number of hydrogen-bond acceptors (Lipinski definition) is 4. The maximum atomic E-state index is 11.9. The van der Waals surface area contributed by atoms with Crippen molar-refractivity contribution in [2.24, 2.45) is 5.41 Å². The zero-order valence-corrected chi connectivity index (χ0v) is 15.6. The van der Waals surface area contributed by atoms with E-state index in [1.807, 2.05) is 11.8 Å². The first-order chi connectivity index (χ1) is 12.0. The lowest BCUT2D eigenvalue weighted by atomic mass is 9.64. The van der Waals surface area contributed by atoms with Gasteiger partial charge in [0, 0.05) is 50.7 Å². The molecule has 0 radical (unpaired) electrons. The van der Waals surface area contributed by atoms with E-state index in [2.05, 4.69) is 16.7 Å². The van der Waals surface area contributed by atoms with Gasteiger partial charge < -0.3 is 19.4 Å². The van der Waals surface area contributed by atoms with Crippen molar-refractivity contribution in [1.29, 1.82) is 0 Å². The van der Waals surface area contributed by atoms with Gasteiger partial charge in [0.15, 0.2) is 0 Å². The molecule has 3 aliphatic heterocycles. The van der Waals surface area contributed by atoms with Gasteiger partial charge in [-0.05, 0) is 51.4 Å². The summed E-state index contributed by atoms with van der Waals surface area (Å²) in [5.41, 5.74) is 0.343. The molecular formula is C19H31N3O3. The molecule has 4 fully saturated rings. The van der Waals surface area contributed by atoms with Gasteiger partial charge in [-0.3, -0.25) is 4.79 Å². The van der Waals surface area contributed by atoms with Crippen molar-refractivity contribution in [2.45, 2.75) is 70.5 Å². The van der Waals surface area contributed by atoms with Crippen molar-refractivity contribution in [3.05, 3.63) is 0 Å². The molecule has 0 N–H and O–H groups in total. The molecule has 3 saturated heterocycles. The SMILES string of the molecule is CCOC(=O)N1CCC2(CC(N3CCC(N4C(=O)CC4C)CC3)C2)C1. The van der Waals surface area contributed by atoms with Gasteiger partial charge in [-0.15, -0.1) is 0 Å². The molecule has 1 spiro atoms. The molecule has 25 heavy (non-hydrogen) atoms. The van der Waals surface area contributed by atoms with Crippen molar-refractivity contribution in [3.63, 3.8) is 0 Å². The fourth-order valence-corrected chi connectivity index (χ4v) is 5.52. The largest absolute Gasteiger partial charge is 0.450 e. The van der Waals surface area contributed by atoms with E-state index in [0.29, 0.717) is 36.1 Å². The van der Waals surface area contributed by atoms with Crippen LogP contribution in [0.4, 0.5) is 4.79 Å². The van der Waals surface area contributed by atoms with Crippen LogP contribution in [0.5, 0.6) is 0 Å². The van der Waals surface area contributed by atoms with Crippen LogP contribution in [0, 0.1) is 5.41 Å². The number of carbonyl (C=O) groups excluding carboxylic acids is 2. The summed E-state index contributed by atoms with van der Waals surface area (Å²) >= 11 is 0. The molecule has 6 heteroatoms. The number of likely N-dealkylation sites (tertiary alicyclic amines) is 3. The molecule has 4 rings (SSSR count). The van der Waals surface area contributed by atoms with Gasteiger partial charge in [-0.25, -0.2) is 4.79 Å². The normalized spacial score (nSPS) is 36.5. The fraction of sp³-hybridized carbons (Fsp3) is 0.895. The van der Waals surface area contributed by atoms with Crippen molar-refractivity contribution < 1.29 is 14.3 Å². The fourth-order valence-electron chi connectivity index (χ4n) is 5.52. The lowest BCUT2D eigenvalue weighted by Gasteiger charge is -2.53. The average molecular weight is 349 g/mol. The Labute approximate surface area is 150 Å². The van der Waals surface area contributed by atoms with Gasteiger partial charge in [0.1, 0.15) is 0 Å². The summed E-state index contributed by atoms with van der Waals surface area (Å²) in [4.78, 5) is 30.3. The highest BCUT2D eigenvalue weighted by molar-refractivity contribution is 5.83. The van der Waals surface area contributed by atoms with Crippen LogP contribution in [0.25, 0.3) is 0 Å². The number of rotatable bonds is 3. The molecule has 4 aliphatic rings. The van der Waals surface area contributed by atoms with E-state index in [1.165, 1.54) is 12.8 Å². The van der Waals surface area contributed by atoms with Gasteiger partial charge in [0.25, 0.3) is 0 Å². The van der Waals surface area contributed by atoms with E-state index in [-0.39, 0.29) is 6.09 Å². The van der Waals surface area contributed by atoms with Gasteiger partial charge in [-0.2, -0.15) is 0 Å². The van der Waals surface area contributed by atoms with Crippen LogP contribution in [-0.4, -0.2) is 77.6 Å². The van der Waals surface area contributed by atoms with Gasteiger partial charge in [0.2, 0.25) is 5.91 Å². The van der Waals surface area contributed by atoms with Crippen LogP contribution >= 0.6 is 0 Å². The smallest absolute Gasteiger partial charge is 0.409 e. The van der Waals surface area contributed by atoms with Gasteiger partial charge in [-0.1, -0.05) is 0 Å². The maximum absolute atomic E-state index is 11.9. The second kappa shape index (κ2) is 6.45.